The highest BCUT2D eigenvalue weighted by Gasteiger charge is 2.26. The zero-order valence-electron chi connectivity index (χ0n) is 17.2. The van der Waals surface area contributed by atoms with Crippen molar-refractivity contribution < 1.29 is 4.74 Å². The van der Waals surface area contributed by atoms with Crippen LogP contribution in [0.2, 0.25) is 5.15 Å². The number of aliphatic imine (C=N–C) groups is 1. The molecule has 7 heteroatoms. The van der Waals surface area contributed by atoms with Gasteiger partial charge in [-0.1, -0.05) is 35.9 Å². The molecular weight excluding hydrogens is 386 g/mol. The molecule has 1 fully saturated rings. The van der Waals surface area contributed by atoms with E-state index in [1.54, 1.807) is 19.4 Å². The number of nitrogens with zero attached hydrogens (tertiary/aromatic N) is 3. The summed E-state index contributed by atoms with van der Waals surface area (Å²) in [5, 5.41) is 7.35. The lowest BCUT2D eigenvalue weighted by molar-refractivity contribution is 0.239. The zero-order valence-corrected chi connectivity index (χ0v) is 18.0. The molecule has 0 radical (unpaired) electrons. The summed E-state index contributed by atoms with van der Waals surface area (Å²) in [7, 11) is 1.74. The summed E-state index contributed by atoms with van der Waals surface area (Å²) in [5.41, 5.74) is 2.23. The van der Waals surface area contributed by atoms with Gasteiger partial charge < -0.3 is 15.4 Å². The van der Waals surface area contributed by atoms with Crippen LogP contribution in [-0.2, 0) is 6.54 Å². The number of guanidine groups is 1. The van der Waals surface area contributed by atoms with Crippen LogP contribution in [0, 0.1) is 0 Å². The van der Waals surface area contributed by atoms with Gasteiger partial charge in [-0.3, -0.25) is 4.90 Å². The maximum Gasteiger partial charge on any atom is 0.191 e. The minimum atomic E-state index is 0.231. The van der Waals surface area contributed by atoms with Gasteiger partial charge in [-0.05, 0) is 50.6 Å². The third kappa shape index (κ3) is 6.08. The van der Waals surface area contributed by atoms with E-state index in [2.05, 4.69) is 39.6 Å². The molecule has 2 N–H and O–H groups in total. The molecular formula is C22H30ClN5O. The van der Waals surface area contributed by atoms with Crippen LogP contribution in [0.25, 0.3) is 0 Å². The van der Waals surface area contributed by atoms with E-state index >= 15 is 0 Å². The number of hydrogen-bond donors (Lipinski definition) is 2. The summed E-state index contributed by atoms with van der Waals surface area (Å²) in [6.45, 7) is 6.38. The number of hydrogen-bond acceptors (Lipinski definition) is 4. The van der Waals surface area contributed by atoms with Crippen LogP contribution < -0.4 is 15.4 Å². The lowest BCUT2D eigenvalue weighted by Gasteiger charge is -2.30. The van der Waals surface area contributed by atoms with E-state index in [0.717, 1.165) is 43.5 Å². The Morgan fingerprint density at radius 3 is 2.69 bits per heavy atom. The largest absolute Gasteiger partial charge is 0.496 e. The third-order valence-corrected chi connectivity index (χ3v) is 5.32. The fourth-order valence-electron chi connectivity index (χ4n) is 3.64. The van der Waals surface area contributed by atoms with Crippen LogP contribution in [-0.4, -0.2) is 49.1 Å². The first-order valence-electron chi connectivity index (χ1n) is 10.2. The standard InChI is InChI=1S/C22H30ClN5O/c1-3-24-22(26-15-17-10-11-21(23)25-14-17)27-16-19(28-12-6-7-13-28)18-8-4-5-9-20(18)29-2/h4-5,8-11,14,19H,3,6-7,12-13,15-16H2,1-2H3,(H2,24,26,27). The van der Waals surface area contributed by atoms with E-state index < -0.39 is 0 Å². The van der Waals surface area contributed by atoms with E-state index in [1.807, 2.05) is 18.2 Å². The van der Waals surface area contributed by atoms with Gasteiger partial charge in [-0.2, -0.15) is 0 Å². The monoisotopic (exact) mass is 415 g/mol. The number of ether oxygens (including phenoxy) is 1. The van der Waals surface area contributed by atoms with Crippen molar-refractivity contribution in [3.05, 3.63) is 58.9 Å². The van der Waals surface area contributed by atoms with Crippen LogP contribution >= 0.6 is 11.6 Å². The van der Waals surface area contributed by atoms with Crippen LogP contribution in [0.1, 0.15) is 36.9 Å². The maximum absolute atomic E-state index is 5.87. The maximum atomic E-state index is 5.87. The van der Waals surface area contributed by atoms with Crippen LogP contribution in [0.4, 0.5) is 0 Å². The van der Waals surface area contributed by atoms with E-state index in [9.17, 15) is 0 Å². The Hall–Kier alpha value is -2.31. The lowest BCUT2D eigenvalue weighted by Crippen LogP contribution is -2.42. The molecule has 1 saturated heterocycles. The van der Waals surface area contributed by atoms with Gasteiger partial charge in [-0.15, -0.1) is 0 Å². The number of halogens is 1. The van der Waals surface area contributed by atoms with Crippen molar-refractivity contribution >= 4 is 17.6 Å². The summed E-state index contributed by atoms with van der Waals surface area (Å²) < 4.78 is 5.64. The van der Waals surface area contributed by atoms with Crippen LogP contribution in [0.15, 0.2) is 47.6 Å². The molecule has 1 aliphatic rings. The molecule has 156 valence electrons. The van der Waals surface area contributed by atoms with Crippen molar-refractivity contribution in [3.63, 3.8) is 0 Å². The molecule has 1 atom stereocenters. The highest BCUT2D eigenvalue weighted by Crippen LogP contribution is 2.31. The Bertz CT molecular complexity index is 790. The Morgan fingerprint density at radius 1 is 1.21 bits per heavy atom. The molecule has 0 saturated carbocycles. The highest BCUT2D eigenvalue weighted by molar-refractivity contribution is 6.29. The Kier molecular flexibility index (Phi) is 8.14. The van der Waals surface area contributed by atoms with Gasteiger partial charge in [-0.25, -0.2) is 9.98 Å². The second-order valence-electron chi connectivity index (χ2n) is 7.07. The second kappa shape index (κ2) is 11.0. The molecule has 29 heavy (non-hydrogen) atoms. The summed E-state index contributed by atoms with van der Waals surface area (Å²) in [6, 6.07) is 12.3. The topological polar surface area (TPSA) is 61.8 Å². The Balaban J connectivity index is 1.73. The molecule has 1 aromatic carbocycles. The van der Waals surface area contributed by atoms with Gasteiger partial charge in [0.1, 0.15) is 10.9 Å². The van der Waals surface area contributed by atoms with Crippen molar-refractivity contribution in [1.29, 1.82) is 0 Å². The fourth-order valence-corrected chi connectivity index (χ4v) is 3.75. The highest BCUT2D eigenvalue weighted by atomic mass is 35.5. The number of pyridine rings is 1. The number of para-hydroxylation sites is 1. The van der Waals surface area contributed by atoms with Gasteiger partial charge in [0.15, 0.2) is 5.96 Å². The quantitative estimate of drug-likeness (QED) is 0.391. The smallest absolute Gasteiger partial charge is 0.191 e. The van der Waals surface area contributed by atoms with Crippen molar-refractivity contribution in [2.75, 3.05) is 33.3 Å². The van der Waals surface area contributed by atoms with Crippen molar-refractivity contribution in [2.24, 2.45) is 4.99 Å². The molecule has 2 aromatic rings. The second-order valence-corrected chi connectivity index (χ2v) is 7.45. The van der Waals surface area contributed by atoms with Gasteiger partial charge >= 0.3 is 0 Å². The average molecular weight is 416 g/mol. The minimum Gasteiger partial charge on any atom is -0.496 e. The number of aromatic nitrogens is 1. The summed E-state index contributed by atoms with van der Waals surface area (Å²) in [6.07, 6.45) is 4.24. The van der Waals surface area contributed by atoms with Gasteiger partial charge in [0, 0.05) is 24.8 Å². The molecule has 3 rings (SSSR count). The number of likely N-dealkylation sites (tertiary alicyclic amines) is 1. The molecule has 1 aromatic heterocycles. The molecule has 6 nitrogen and oxygen atoms in total. The zero-order chi connectivity index (χ0) is 20.5. The Labute approximate surface area is 178 Å². The predicted molar refractivity (Wildman–Crippen MR) is 119 cm³/mol. The van der Waals surface area contributed by atoms with E-state index in [1.165, 1.54) is 18.4 Å². The lowest BCUT2D eigenvalue weighted by atomic mass is 10.0. The molecule has 0 amide bonds. The van der Waals surface area contributed by atoms with Crippen LogP contribution in [0.3, 0.4) is 0 Å². The first-order valence-corrected chi connectivity index (χ1v) is 10.6. The van der Waals surface area contributed by atoms with Crippen LogP contribution in [0.5, 0.6) is 5.75 Å². The van der Waals surface area contributed by atoms with Crippen molar-refractivity contribution in [2.45, 2.75) is 32.4 Å². The average Bonchev–Trinajstić information content (AvgIpc) is 3.28. The molecule has 0 bridgehead atoms. The summed E-state index contributed by atoms with van der Waals surface area (Å²) >= 11 is 5.87. The summed E-state index contributed by atoms with van der Waals surface area (Å²) in [4.78, 5) is 11.4. The van der Waals surface area contributed by atoms with Crippen molar-refractivity contribution in [1.82, 2.24) is 20.5 Å². The first-order chi connectivity index (χ1) is 14.2. The Morgan fingerprint density at radius 2 is 2.00 bits per heavy atom. The van der Waals surface area contributed by atoms with Gasteiger partial charge in [0.05, 0.1) is 19.7 Å². The van der Waals surface area contributed by atoms with Gasteiger partial charge in [0.25, 0.3) is 0 Å². The summed E-state index contributed by atoms with van der Waals surface area (Å²) in [5.74, 6) is 1.72. The molecule has 0 aliphatic carbocycles. The molecule has 2 heterocycles. The van der Waals surface area contributed by atoms with Gasteiger partial charge in [0.2, 0.25) is 0 Å². The SMILES string of the molecule is CCNC(=NCc1ccc(Cl)nc1)NCC(c1ccccc1OC)N1CCCC1. The predicted octanol–water partition coefficient (Wildman–Crippen LogP) is 3.64. The number of benzene rings is 1. The number of nitrogens with one attached hydrogen (secondary N) is 2. The number of rotatable bonds is 8. The third-order valence-electron chi connectivity index (χ3n) is 5.09. The molecule has 1 unspecified atom stereocenters. The minimum absolute atomic E-state index is 0.231. The van der Waals surface area contributed by atoms with E-state index in [-0.39, 0.29) is 6.04 Å². The number of methoxy groups -OCH3 is 1. The first kappa shape index (κ1) is 21.4. The normalized spacial score (nSPS) is 15.9. The van der Waals surface area contributed by atoms with E-state index in [0.29, 0.717) is 11.7 Å². The molecule has 1 aliphatic heterocycles. The van der Waals surface area contributed by atoms with Crippen molar-refractivity contribution in [3.8, 4) is 5.75 Å². The molecule has 0 spiro atoms. The van der Waals surface area contributed by atoms with E-state index in [4.69, 9.17) is 21.3 Å². The fraction of sp³-hybridized carbons (Fsp3) is 0.455.